The van der Waals surface area contributed by atoms with E-state index in [9.17, 15) is 4.79 Å². The fourth-order valence-electron chi connectivity index (χ4n) is 1.98. The summed E-state index contributed by atoms with van der Waals surface area (Å²) in [6, 6.07) is 7.05. The van der Waals surface area contributed by atoms with E-state index in [1.807, 2.05) is 6.07 Å². The molecule has 1 unspecified atom stereocenters. The molecule has 0 heterocycles. The van der Waals surface area contributed by atoms with Crippen molar-refractivity contribution in [1.82, 2.24) is 0 Å². The van der Waals surface area contributed by atoms with Gasteiger partial charge in [0.15, 0.2) is 0 Å². The van der Waals surface area contributed by atoms with E-state index in [2.05, 4.69) is 5.32 Å². The lowest BCUT2D eigenvalue weighted by Gasteiger charge is -2.18. The smallest absolute Gasteiger partial charge is 0.305 e. The highest BCUT2D eigenvalue weighted by Gasteiger charge is 2.33. The minimum absolute atomic E-state index is 0.0576. The summed E-state index contributed by atoms with van der Waals surface area (Å²) in [5.74, 6) is -0.452. The number of anilines is 1. The van der Waals surface area contributed by atoms with Gasteiger partial charge in [0, 0.05) is 6.04 Å². The van der Waals surface area contributed by atoms with E-state index >= 15 is 0 Å². The second-order valence-electron chi connectivity index (χ2n) is 4.46. The van der Waals surface area contributed by atoms with E-state index in [1.165, 1.54) is 0 Å². The summed E-state index contributed by atoms with van der Waals surface area (Å²) >= 11 is 5.94. The Bertz CT molecular complexity index is 506. The van der Waals surface area contributed by atoms with Crippen LogP contribution < -0.4 is 5.32 Å². The van der Waals surface area contributed by atoms with E-state index in [0.29, 0.717) is 22.2 Å². The molecule has 1 aliphatic rings. The van der Waals surface area contributed by atoms with E-state index < -0.39 is 5.97 Å². The van der Waals surface area contributed by atoms with Gasteiger partial charge in [-0.3, -0.25) is 4.79 Å². The number of nitrogens with one attached hydrogen (secondary N) is 1. The largest absolute Gasteiger partial charge is 0.481 e. The van der Waals surface area contributed by atoms with Crippen molar-refractivity contribution < 1.29 is 9.90 Å². The van der Waals surface area contributed by atoms with Crippen molar-refractivity contribution in [3.63, 3.8) is 0 Å². The number of aliphatic carboxylic acids is 1. The van der Waals surface area contributed by atoms with Gasteiger partial charge < -0.3 is 10.4 Å². The van der Waals surface area contributed by atoms with Crippen LogP contribution in [0.4, 0.5) is 5.69 Å². The minimum atomic E-state index is -0.833. The molecule has 0 amide bonds. The minimum Gasteiger partial charge on any atom is -0.481 e. The number of halogens is 1. The molecule has 5 heteroatoms. The Morgan fingerprint density at radius 2 is 2.33 bits per heavy atom. The van der Waals surface area contributed by atoms with Crippen molar-refractivity contribution in [1.29, 1.82) is 5.26 Å². The quantitative estimate of drug-likeness (QED) is 0.858. The summed E-state index contributed by atoms with van der Waals surface area (Å²) in [5.41, 5.74) is 0.985. The number of nitrogens with zero attached hydrogens (tertiary/aromatic N) is 1. The van der Waals surface area contributed by atoms with Crippen LogP contribution in [-0.2, 0) is 4.79 Å². The zero-order valence-corrected chi connectivity index (χ0v) is 10.4. The zero-order chi connectivity index (χ0) is 13.1. The molecule has 1 aromatic carbocycles. The Balaban J connectivity index is 2.18. The first-order valence-corrected chi connectivity index (χ1v) is 6.16. The molecule has 0 radical (unpaired) electrons. The number of carboxylic acids is 1. The summed E-state index contributed by atoms with van der Waals surface area (Å²) in [5, 5.41) is 21.5. The SMILES string of the molecule is N#Cc1c(Cl)cccc1NC(CC(=O)O)C1CC1. The van der Waals surface area contributed by atoms with Crippen molar-refractivity contribution in [3.8, 4) is 6.07 Å². The van der Waals surface area contributed by atoms with Gasteiger partial charge in [0.1, 0.15) is 6.07 Å². The van der Waals surface area contributed by atoms with Crippen LogP contribution in [-0.4, -0.2) is 17.1 Å². The molecular weight excluding hydrogens is 252 g/mol. The molecule has 94 valence electrons. The topological polar surface area (TPSA) is 73.1 Å². The molecule has 0 bridgehead atoms. The molecule has 1 fully saturated rings. The van der Waals surface area contributed by atoms with Crippen LogP contribution in [0.1, 0.15) is 24.8 Å². The van der Waals surface area contributed by atoms with Gasteiger partial charge in [-0.05, 0) is 30.9 Å². The third-order valence-corrected chi connectivity index (χ3v) is 3.37. The lowest BCUT2D eigenvalue weighted by atomic mass is 10.1. The number of nitriles is 1. The highest BCUT2D eigenvalue weighted by atomic mass is 35.5. The van der Waals surface area contributed by atoms with Crippen molar-refractivity contribution in [2.24, 2.45) is 5.92 Å². The molecule has 0 aromatic heterocycles. The summed E-state index contributed by atoms with van der Waals surface area (Å²) in [6.07, 6.45) is 2.13. The second-order valence-corrected chi connectivity index (χ2v) is 4.87. The molecule has 2 rings (SSSR count). The summed E-state index contributed by atoms with van der Waals surface area (Å²) in [4.78, 5) is 10.8. The lowest BCUT2D eigenvalue weighted by Crippen LogP contribution is -2.25. The van der Waals surface area contributed by atoms with Gasteiger partial charge in [-0.15, -0.1) is 0 Å². The summed E-state index contributed by atoms with van der Waals surface area (Å²) in [6.45, 7) is 0. The number of carbonyl (C=O) groups is 1. The molecule has 1 aromatic rings. The number of hydrogen-bond donors (Lipinski definition) is 2. The van der Waals surface area contributed by atoms with Crippen LogP contribution in [0.5, 0.6) is 0 Å². The standard InChI is InChI=1S/C13H13ClN2O2/c14-10-2-1-3-11(9(10)7-15)16-12(6-13(17)18)8-4-5-8/h1-3,8,12,16H,4-6H2,(H,17,18). The van der Waals surface area contributed by atoms with Gasteiger partial charge in [0.05, 0.1) is 22.7 Å². The molecular formula is C13H13ClN2O2. The van der Waals surface area contributed by atoms with E-state index in [-0.39, 0.29) is 12.5 Å². The molecule has 0 spiro atoms. The van der Waals surface area contributed by atoms with Crippen LogP contribution in [0.15, 0.2) is 18.2 Å². The maximum absolute atomic E-state index is 10.8. The van der Waals surface area contributed by atoms with Crippen molar-refractivity contribution >= 4 is 23.3 Å². The molecule has 4 nitrogen and oxygen atoms in total. The maximum Gasteiger partial charge on any atom is 0.305 e. The normalized spacial score (nSPS) is 15.8. The van der Waals surface area contributed by atoms with Crippen molar-refractivity contribution in [2.45, 2.75) is 25.3 Å². The number of rotatable bonds is 5. The Kier molecular flexibility index (Phi) is 3.73. The van der Waals surface area contributed by atoms with Crippen LogP contribution >= 0.6 is 11.6 Å². The highest BCUT2D eigenvalue weighted by Crippen LogP contribution is 2.36. The summed E-state index contributed by atoms with van der Waals surface area (Å²) < 4.78 is 0. The van der Waals surface area contributed by atoms with Gasteiger partial charge in [0.25, 0.3) is 0 Å². The van der Waals surface area contributed by atoms with E-state index in [0.717, 1.165) is 12.8 Å². The van der Waals surface area contributed by atoms with Gasteiger partial charge in [0.2, 0.25) is 0 Å². The highest BCUT2D eigenvalue weighted by molar-refractivity contribution is 6.32. The van der Waals surface area contributed by atoms with Crippen LogP contribution in [0.25, 0.3) is 0 Å². The van der Waals surface area contributed by atoms with Gasteiger partial charge in [-0.1, -0.05) is 17.7 Å². The van der Waals surface area contributed by atoms with Crippen LogP contribution in [0, 0.1) is 17.2 Å². The summed E-state index contributed by atoms with van der Waals surface area (Å²) in [7, 11) is 0. The third-order valence-electron chi connectivity index (χ3n) is 3.05. The average Bonchev–Trinajstić information content (AvgIpc) is 3.11. The first-order chi connectivity index (χ1) is 8.61. The first kappa shape index (κ1) is 12.7. The fraction of sp³-hybridized carbons (Fsp3) is 0.385. The molecule has 18 heavy (non-hydrogen) atoms. The van der Waals surface area contributed by atoms with Crippen molar-refractivity contribution in [2.75, 3.05) is 5.32 Å². The molecule has 0 saturated heterocycles. The monoisotopic (exact) mass is 264 g/mol. The lowest BCUT2D eigenvalue weighted by molar-refractivity contribution is -0.137. The predicted molar refractivity (Wildman–Crippen MR) is 68.6 cm³/mol. The molecule has 1 saturated carbocycles. The van der Waals surface area contributed by atoms with Crippen LogP contribution in [0.2, 0.25) is 5.02 Å². The average molecular weight is 265 g/mol. The molecule has 0 aliphatic heterocycles. The number of benzene rings is 1. The van der Waals surface area contributed by atoms with E-state index in [1.54, 1.807) is 18.2 Å². The van der Waals surface area contributed by atoms with Gasteiger partial charge in [-0.2, -0.15) is 5.26 Å². The van der Waals surface area contributed by atoms with Gasteiger partial charge >= 0.3 is 5.97 Å². The van der Waals surface area contributed by atoms with E-state index in [4.69, 9.17) is 22.0 Å². The molecule has 1 aliphatic carbocycles. The first-order valence-electron chi connectivity index (χ1n) is 5.78. The second kappa shape index (κ2) is 5.28. The number of hydrogen-bond acceptors (Lipinski definition) is 3. The fourth-order valence-corrected chi connectivity index (χ4v) is 2.20. The Hall–Kier alpha value is -1.73. The number of carboxylic acid groups (broad SMARTS) is 1. The molecule has 1 atom stereocenters. The third kappa shape index (κ3) is 2.93. The van der Waals surface area contributed by atoms with Crippen molar-refractivity contribution in [3.05, 3.63) is 28.8 Å². The molecule has 2 N–H and O–H groups in total. The Morgan fingerprint density at radius 3 is 2.89 bits per heavy atom. The predicted octanol–water partition coefficient (Wildman–Crippen LogP) is 2.88. The van der Waals surface area contributed by atoms with Crippen LogP contribution in [0.3, 0.4) is 0 Å². The Labute approximate surface area is 110 Å². The van der Waals surface area contributed by atoms with Gasteiger partial charge in [-0.25, -0.2) is 0 Å². The maximum atomic E-state index is 10.8. The Morgan fingerprint density at radius 1 is 1.61 bits per heavy atom. The zero-order valence-electron chi connectivity index (χ0n) is 9.69.